The number of para-hydroxylation sites is 1. The summed E-state index contributed by atoms with van der Waals surface area (Å²) in [5.41, 5.74) is 1.90. The first-order valence-corrected chi connectivity index (χ1v) is 6.18. The molecule has 1 aromatic heterocycles. The molecule has 0 N–H and O–H groups in total. The Kier molecular flexibility index (Phi) is 4.14. The number of fused-ring (bicyclic) bond motifs is 1. The highest BCUT2D eigenvalue weighted by molar-refractivity contribution is 6.30. The van der Waals surface area contributed by atoms with E-state index in [-0.39, 0.29) is 0 Å². The molecule has 18 heavy (non-hydrogen) atoms. The highest BCUT2D eigenvalue weighted by Gasteiger charge is 2.07. The van der Waals surface area contributed by atoms with Crippen LogP contribution in [0.5, 0.6) is 0 Å². The third-order valence-electron chi connectivity index (χ3n) is 2.80. The summed E-state index contributed by atoms with van der Waals surface area (Å²) < 4.78 is 0. The summed E-state index contributed by atoms with van der Waals surface area (Å²) in [5.74, 6) is 0. The number of halogens is 1. The average Bonchev–Trinajstić information content (AvgIpc) is 2.37. The van der Waals surface area contributed by atoms with Gasteiger partial charge in [0, 0.05) is 30.5 Å². The quantitative estimate of drug-likeness (QED) is 0.792. The normalized spacial score (nSPS) is 10.8. The van der Waals surface area contributed by atoms with E-state index in [0.717, 1.165) is 23.0 Å². The molecule has 0 saturated heterocycles. The van der Waals surface area contributed by atoms with Gasteiger partial charge in [-0.3, -0.25) is 0 Å². The van der Waals surface area contributed by atoms with Crippen molar-refractivity contribution >= 4 is 22.5 Å². The number of nitriles is 1. The minimum atomic E-state index is 0.523. The van der Waals surface area contributed by atoms with E-state index in [1.807, 2.05) is 31.3 Å². The largest absolute Gasteiger partial charge is 0.301 e. The molecule has 0 amide bonds. The van der Waals surface area contributed by atoms with E-state index in [1.165, 1.54) is 0 Å². The van der Waals surface area contributed by atoms with Crippen LogP contribution in [0.3, 0.4) is 0 Å². The van der Waals surface area contributed by atoms with Crippen molar-refractivity contribution in [3.63, 3.8) is 0 Å². The lowest BCUT2D eigenvalue weighted by Crippen LogP contribution is -2.19. The lowest BCUT2D eigenvalue weighted by molar-refractivity contribution is 0.335. The molecule has 1 aromatic carbocycles. The zero-order valence-corrected chi connectivity index (χ0v) is 11.0. The van der Waals surface area contributed by atoms with Crippen LogP contribution in [0.4, 0.5) is 0 Å². The molecular weight excluding hydrogens is 246 g/mol. The Labute approximate surface area is 112 Å². The summed E-state index contributed by atoms with van der Waals surface area (Å²) >= 11 is 6.18. The van der Waals surface area contributed by atoms with Crippen LogP contribution >= 0.6 is 11.6 Å². The summed E-state index contributed by atoms with van der Waals surface area (Å²) in [6.45, 7) is 1.44. The molecule has 1 heterocycles. The Morgan fingerprint density at radius 3 is 2.94 bits per heavy atom. The average molecular weight is 260 g/mol. The first-order chi connectivity index (χ1) is 8.70. The lowest BCUT2D eigenvalue weighted by Gasteiger charge is -2.15. The third-order valence-corrected chi connectivity index (χ3v) is 3.12. The summed E-state index contributed by atoms with van der Waals surface area (Å²) in [4.78, 5) is 6.45. The van der Waals surface area contributed by atoms with Crippen molar-refractivity contribution in [2.45, 2.75) is 13.0 Å². The maximum absolute atomic E-state index is 8.56. The molecule has 0 radical (unpaired) electrons. The van der Waals surface area contributed by atoms with E-state index in [9.17, 15) is 0 Å². The highest BCUT2D eigenvalue weighted by Crippen LogP contribution is 2.21. The van der Waals surface area contributed by atoms with Crippen LogP contribution in [0, 0.1) is 11.3 Å². The third kappa shape index (κ3) is 2.98. The monoisotopic (exact) mass is 259 g/mol. The second-order valence-corrected chi connectivity index (χ2v) is 4.63. The molecule has 0 saturated carbocycles. The molecule has 3 nitrogen and oxygen atoms in total. The van der Waals surface area contributed by atoms with Crippen LogP contribution in [-0.4, -0.2) is 23.5 Å². The van der Waals surface area contributed by atoms with Gasteiger partial charge >= 0.3 is 0 Å². The van der Waals surface area contributed by atoms with Gasteiger partial charge in [-0.25, -0.2) is 4.98 Å². The SMILES string of the molecule is CN(CCC#N)Cc1cc2ccccc2nc1Cl. The predicted molar refractivity (Wildman–Crippen MR) is 73.3 cm³/mol. The maximum atomic E-state index is 8.56. The van der Waals surface area contributed by atoms with E-state index in [1.54, 1.807) is 0 Å². The second kappa shape index (κ2) is 5.81. The first-order valence-electron chi connectivity index (χ1n) is 5.80. The van der Waals surface area contributed by atoms with Gasteiger partial charge in [-0.1, -0.05) is 29.8 Å². The van der Waals surface area contributed by atoms with Gasteiger partial charge in [-0.05, 0) is 19.2 Å². The molecule has 0 fully saturated rings. The van der Waals surface area contributed by atoms with Crippen molar-refractivity contribution in [2.24, 2.45) is 0 Å². The molecule has 2 aromatic rings. The second-order valence-electron chi connectivity index (χ2n) is 4.28. The number of nitrogens with zero attached hydrogens (tertiary/aromatic N) is 3. The summed E-state index contributed by atoms with van der Waals surface area (Å²) in [7, 11) is 1.98. The topological polar surface area (TPSA) is 39.9 Å². The molecule has 0 aliphatic heterocycles. The van der Waals surface area contributed by atoms with Gasteiger partial charge in [0.05, 0.1) is 11.6 Å². The minimum absolute atomic E-state index is 0.523. The van der Waals surface area contributed by atoms with Gasteiger partial charge in [0.2, 0.25) is 0 Å². The van der Waals surface area contributed by atoms with E-state index >= 15 is 0 Å². The van der Waals surface area contributed by atoms with E-state index in [2.05, 4.69) is 22.0 Å². The van der Waals surface area contributed by atoms with Gasteiger partial charge in [0.25, 0.3) is 0 Å². The van der Waals surface area contributed by atoms with Crippen LogP contribution in [0.1, 0.15) is 12.0 Å². The zero-order chi connectivity index (χ0) is 13.0. The van der Waals surface area contributed by atoms with Crippen molar-refractivity contribution in [2.75, 3.05) is 13.6 Å². The minimum Gasteiger partial charge on any atom is -0.301 e. The first kappa shape index (κ1) is 12.8. The molecule has 0 spiro atoms. The Morgan fingerprint density at radius 1 is 1.39 bits per heavy atom. The maximum Gasteiger partial charge on any atom is 0.134 e. The standard InChI is InChI=1S/C14H14ClN3/c1-18(8-4-7-16)10-12-9-11-5-2-3-6-13(11)17-14(12)15/h2-3,5-6,9H,4,8,10H2,1H3. The number of aromatic nitrogens is 1. The highest BCUT2D eigenvalue weighted by atomic mass is 35.5. The Bertz CT molecular complexity index is 589. The Morgan fingerprint density at radius 2 is 2.17 bits per heavy atom. The molecule has 0 unspecified atom stereocenters. The van der Waals surface area contributed by atoms with Crippen LogP contribution in [-0.2, 0) is 6.54 Å². The lowest BCUT2D eigenvalue weighted by atomic mass is 10.1. The predicted octanol–water partition coefficient (Wildman–Crippen LogP) is 3.23. The fraction of sp³-hybridized carbons (Fsp3) is 0.286. The van der Waals surface area contributed by atoms with Crippen molar-refractivity contribution in [1.82, 2.24) is 9.88 Å². The van der Waals surface area contributed by atoms with Gasteiger partial charge in [0.15, 0.2) is 0 Å². The van der Waals surface area contributed by atoms with Crippen LogP contribution in [0.15, 0.2) is 30.3 Å². The molecular formula is C14H14ClN3. The number of benzene rings is 1. The van der Waals surface area contributed by atoms with E-state index in [0.29, 0.717) is 18.1 Å². The van der Waals surface area contributed by atoms with Crippen molar-refractivity contribution in [3.05, 3.63) is 41.0 Å². The number of pyridine rings is 1. The molecule has 0 atom stereocenters. The van der Waals surface area contributed by atoms with Crippen molar-refractivity contribution in [1.29, 1.82) is 5.26 Å². The van der Waals surface area contributed by atoms with Crippen molar-refractivity contribution in [3.8, 4) is 6.07 Å². The smallest absolute Gasteiger partial charge is 0.134 e. The molecule has 4 heteroatoms. The molecule has 92 valence electrons. The van der Waals surface area contributed by atoms with Gasteiger partial charge in [0.1, 0.15) is 5.15 Å². The number of hydrogen-bond acceptors (Lipinski definition) is 3. The van der Waals surface area contributed by atoms with Crippen LogP contribution in [0.25, 0.3) is 10.9 Å². The molecule has 0 aliphatic carbocycles. The van der Waals surface area contributed by atoms with Crippen molar-refractivity contribution < 1.29 is 0 Å². The zero-order valence-electron chi connectivity index (χ0n) is 10.2. The Balaban J connectivity index is 2.23. The van der Waals surface area contributed by atoms with E-state index in [4.69, 9.17) is 16.9 Å². The summed E-state index contributed by atoms with van der Waals surface area (Å²) in [6.07, 6.45) is 0.523. The number of hydrogen-bond donors (Lipinski definition) is 0. The Hall–Kier alpha value is -1.63. The summed E-state index contributed by atoms with van der Waals surface area (Å²) in [5, 5.41) is 10.2. The molecule has 0 bridgehead atoms. The summed E-state index contributed by atoms with van der Waals surface area (Å²) in [6, 6.07) is 12.1. The number of rotatable bonds is 4. The van der Waals surface area contributed by atoms with E-state index < -0.39 is 0 Å². The van der Waals surface area contributed by atoms with Gasteiger partial charge in [-0.2, -0.15) is 5.26 Å². The molecule has 0 aliphatic rings. The fourth-order valence-electron chi connectivity index (χ4n) is 1.86. The fourth-order valence-corrected chi connectivity index (χ4v) is 2.06. The van der Waals surface area contributed by atoms with Crippen LogP contribution in [0.2, 0.25) is 5.15 Å². The van der Waals surface area contributed by atoms with Gasteiger partial charge in [-0.15, -0.1) is 0 Å². The van der Waals surface area contributed by atoms with Crippen LogP contribution < -0.4 is 0 Å². The molecule has 2 rings (SSSR count). The van der Waals surface area contributed by atoms with Gasteiger partial charge < -0.3 is 4.90 Å².